The molecule has 4 rings (SSSR count). The van der Waals surface area contributed by atoms with Gasteiger partial charge in [0.2, 0.25) is 11.8 Å². The van der Waals surface area contributed by atoms with Gasteiger partial charge in [0.15, 0.2) is 5.25 Å². The molecule has 7 heteroatoms. The second-order valence-electron chi connectivity index (χ2n) is 7.72. The van der Waals surface area contributed by atoms with Gasteiger partial charge in [-0.1, -0.05) is 24.3 Å². The average molecular weight is 424 g/mol. The van der Waals surface area contributed by atoms with E-state index in [1.165, 1.54) is 16.7 Å². The highest BCUT2D eigenvalue weighted by Gasteiger charge is 2.41. The first-order valence-corrected chi connectivity index (χ1v) is 11.1. The van der Waals surface area contributed by atoms with Crippen LogP contribution in [0.25, 0.3) is 0 Å². The first-order chi connectivity index (χ1) is 14.5. The minimum absolute atomic E-state index is 0.131. The molecule has 1 atom stereocenters. The molecule has 2 aliphatic rings. The van der Waals surface area contributed by atoms with E-state index in [0.29, 0.717) is 18.8 Å². The Bertz CT molecular complexity index is 1000. The lowest BCUT2D eigenvalue weighted by molar-refractivity contribution is -0.134. The Hall–Kier alpha value is -2.80. The minimum Gasteiger partial charge on any atom is -0.341 e. The van der Waals surface area contributed by atoms with Crippen LogP contribution < -0.4 is 10.2 Å². The van der Waals surface area contributed by atoms with E-state index in [0.717, 1.165) is 34.6 Å². The molecule has 6 nitrogen and oxygen atoms in total. The molecule has 1 N–H and O–H groups in total. The predicted molar refractivity (Wildman–Crippen MR) is 119 cm³/mol. The molecule has 0 radical (unpaired) electrons. The molecule has 2 aromatic rings. The number of hydrogen-bond acceptors (Lipinski definition) is 4. The summed E-state index contributed by atoms with van der Waals surface area (Å²) in [6.45, 7) is 5.19. The Labute approximate surface area is 180 Å². The molecule has 0 saturated carbocycles. The first-order valence-electron chi connectivity index (χ1n) is 10.2. The maximum atomic E-state index is 13.3. The number of nitrogens with zero attached hydrogens (tertiary/aromatic N) is 2. The highest BCUT2D eigenvalue weighted by Crippen LogP contribution is 2.40. The number of anilines is 2. The van der Waals surface area contributed by atoms with Crippen LogP contribution in [-0.2, 0) is 14.4 Å². The van der Waals surface area contributed by atoms with E-state index < -0.39 is 5.25 Å². The molecule has 0 bridgehead atoms. The number of benzene rings is 2. The molecule has 156 valence electrons. The van der Waals surface area contributed by atoms with Crippen LogP contribution in [-0.4, -0.2) is 47.5 Å². The minimum atomic E-state index is -0.841. The third-order valence-electron chi connectivity index (χ3n) is 5.71. The molecule has 0 spiro atoms. The molecule has 2 aromatic carbocycles. The molecule has 0 unspecified atom stereocenters. The van der Waals surface area contributed by atoms with E-state index in [-0.39, 0.29) is 24.3 Å². The number of likely N-dealkylation sites (tertiary alicyclic amines) is 1. The van der Waals surface area contributed by atoms with Crippen LogP contribution in [0.5, 0.6) is 0 Å². The molecule has 0 aromatic heterocycles. The summed E-state index contributed by atoms with van der Waals surface area (Å²) in [5.41, 5.74) is 3.49. The van der Waals surface area contributed by atoms with Crippen LogP contribution in [0.1, 0.15) is 24.0 Å². The Morgan fingerprint density at radius 3 is 2.57 bits per heavy atom. The van der Waals surface area contributed by atoms with Crippen molar-refractivity contribution in [1.29, 1.82) is 0 Å². The summed E-state index contributed by atoms with van der Waals surface area (Å²) in [6.07, 6.45) is 1.94. The van der Waals surface area contributed by atoms with Gasteiger partial charge in [-0.05, 0) is 56.0 Å². The van der Waals surface area contributed by atoms with Gasteiger partial charge < -0.3 is 15.1 Å². The summed E-state index contributed by atoms with van der Waals surface area (Å²) >= 11 is 1.29. The van der Waals surface area contributed by atoms with E-state index in [9.17, 15) is 14.4 Å². The molecule has 2 aliphatic heterocycles. The van der Waals surface area contributed by atoms with Gasteiger partial charge in [-0.2, -0.15) is 0 Å². The Balaban J connectivity index is 1.57. The number of thioether (sulfide) groups is 1. The van der Waals surface area contributed by atoms with Gasteiger partial charge in [0.05, 0.1) is 5.69 Å². The Morgan fingerprint density at radius 2 is 1.80 bits per heavy atom. The van der Waals surface area contributed by atoms with Crippen molar-refractivity contribution in [3.63, 3.8) is 0 Å². The highest BCUT2D eigenvalue weighted by atomic mass is 32.2. The largest absolute Gasteiger partial charge is 0.341 e. The molecule has 2 heterocycles. The lowest BCUT2D eigenvalue weighted by atomic mass is 10.1. The monoisotopic (exact) mass is 423 g/mol. The predicted octanol–water partition coefficient (Wildman–Crippen LogP) is 3.37. The van der Waals surface area contributed by atoms with Gasteiger partial charge >= 0.3 is 0 Å². The van der Waals surface area contributed by atoms with Crippen LogP contribution >= 0.6 is 11.8 Å². The van der Waals surface area contributed by atoms with Crippen molar-refractivity contribution >= 4 is 40.9 Å². The van der Waals surface area contributed by atoms with Crippen LogP contribution in [0.3, 0.4) is 0 Å². The molecular formula is C23H25N3O3S. The Kier molecular flexibility index (Phi) is 5.81. The first kappa shape index (κ1) is 20.5. The van der Waals surface area contributed by atoms with E-state index in [4.69, 9.17) is 0 Å². The topological polar surface area (TPSA) is 69.7 Å². The number of aryl methyl sites for hydroxylation is 1. The van der Waals surface area contributed by atoms with Gasteiger partial charge in [0.1, 0.15) is 6.54 Å². The lowest BCUT2D eigenvalue weighted by Crippen LogP contribution is -2.51. The van der Waals surface area contributed by atoms with Crippen molar-refractivity contribution in [2.24, 2.45) is 0 Å². The number of amides is 3. The van der Waals surface area contributed by atoms with Crippen LogP contribution in [0.15, 0.2) is 47.4 Å². The highest BCUT2D eigenvalue weighted by molar-refractivity contribution is 8.01. The van der Waals surface area contributed by atoms with Gasteiger partial charge in [-0.15, -0.1) is 11.8 Å². The fraction of sp³-hybridized carbons (Fsp3) is 0.348. The van der Waals surface area contributed by atoms with Crippen molar-refractivity contribution in [2.75, 3.05) is 29.9 Å². The molecule has 1 saturated heterocycles. The average Bonchev–Trinajstić information content (AvgIpc) is 3.28. The van der Waals surface area contributed by atoms with Crippen molar-refractivity contribution in [3.8, 4) is 0 Å². The quantitative estimate of drug-likeness (QED) is 0.766. The number of carbonyl (C=O) groups excluding carboxylic acids is 3. The van der Waals surface area contributed by atoms with Crippen molar-refractivity contribution in [2.45, 2.75) is 36.8 Å². The standard InChI is InChI=1S/C23H25N3O3S/c1-15-8-7-9-17(16(15)2)24-20(27)14-26-18-10-3-4-11-19(18)30-21(23(26)29)22(28)25-12-5-6-13-25/h3-4,7-11,21H,5-6,12-14H2,1-2H3,(H,24,27)/t21-/m1/s1. The third kappa shape index (κ3) is 3.94. The molecule has 3 amide bonds. The fourth-order valence-electron chi connectivity index (χ4n) is 3.86. The van der Waals surface area contributed by atoms with Crippen LogP contribution in [0.2, 0.25) is 0 Å². The van der Waals surface area contributed by atoms with Crippen LogP contribution in [0, 0.1) is 13.8 Å². The molecular weight excluding hydrogens is 398 g/mol. The zero-order valence-electron chi connectivity index (χ0n) is 17.2. The number of nitrogens with one attached hydrogen (secondary N) is 1. The number of carbonyl (C=O) groups is 3. The van der Waals surface area contributed by atoms with Crippen molar-refractivity contribution in [1.82, 2.24) is 4.90 Å². The lowest BCUT2D eigenvalue weighted by Gasteiger charge is -2.34. The van der Waals surface area contributed by atoms with Gasteiger partial charge in [0.25, 0.3) is 5.91 Å². The van der Waals surface area contributed by atoms with Gasteiger partial charge in [-0.3, -0.25) is 14.4 Å². The van der Waals surface area contributed by atoms with E-state index in [1.807, 2.05) is 56.3 Å². The summed E-state index contributed by atoms with van der Waals surface area (Å²) in [7, 11) is 0. The summed E-state index contributed by atoms with van der Waals surface area (Å²) in [5, 5.41) is 2.07. The molecule has 1 fully saturated rings. The van der Waals surface area contributed by atoms with E-state index >= 15 is 0 Å². The van der Waals surface area contributed by atoms with Crippen LogP contribution in [0.4, 0.5) is 11.4 Å². The third-order valence-corrected chi connectivity index (χ3v) is 6.95. The number of para-hydroxylation sites is 1. The normalized spacial score (nSPS) is 18.3. The number of hydrogen-bond donors (Lipinski definition) is 1. The van der Waals surface area contributed by atoms with Crippen molar-refractivity contribution < 1.29 is 14.4 Å². The molecule has 30 heavy (non-hydrogen) atoms. The fourth-order valence-corrected chi connectivity index (χ4v) is 5.05. The smallest absolute Gasteiger partial charge is 0.250 e. The van der Waals surface area contributed by atoms with Crippen molar-refractivity contribution in [3.05, 3.63) is 53.6 Å². The number of fused-ring (bicyclic) bond motifs is 1. The second kappa shape index (κ2) is 8.52. The summed E-state index contributed by atoms with van der Waals surface area (Å²) in [5.74, 6) is -0.769. The molecule has 0 aliphatic carbocycles. The zero-order chi connectivity index (χ0) is 21.3. The summed E-state index contributed by atoms with van der Waals surface area (Å²) < 4.78 is 0. The van der Waals surface area contributed by atoms with Gasteiger partial charge in [0, 0.05) is 23.7 Å². The van der Waals surface area contributed by atoms with Gasteiger partial charge in [-0.25, -0.2) is 0 Å². The SMILES string of the molecule is Cc1cccc(NC(=O)CN2C(=O)[C@@H](C(=O)N3CCCC3)Sc3ccccc32)c1C. The van der Waals surface area contributed by atoms with E-state index in [2.05, 4.69) is 5.32 Å². The zero-order valence-corrected chi connectivity index (χ0v) is 18.0. The summed E-state index contributed by atoms with van der Waals surface area (Å²) in [6, 6.07) is 13.2. The Morgan fingerprint density at radius 1 is 1.07 bits per heavy atom. The maximum absolute atomic E-state index is 13.3. The second-order valence-corrected chi connectivity index (χ2v) is 8.86. The van der Waals surface area contributed by atoms with E-state index in [1.54, 1.807) is 4.90 Å². The maximum Gasteiger partial charge on any atom is 0.250 e. The summed E-state index contributed by atoms with van der Waals surface area (Å²) in [4.78, 5) is 43.1. The number of rotatable bonds is 4.